The fourth-order valence-electron chi connectivity index (χ4n) is 1.53. The summed E-state index contributed by atoms with van der Waals surface area (Å²) in [6.07, 6.45) is 4.12. The third-order valence-corrected chi connectivity index (χ3v) is 2.81. The Labute approximate surface area is 76.3 Å². The van der Waals surface area contributed by atoms with E-state index in [4.69, 9.17) is 0 Å². The highest BCUT2D eigenvalue weighted by Crippen LogP contribution is 2.27. The largest absolute Gasteiger partial charge is 0.317 e. The van der Waals surface area contributed by atoms with E-state index in [1.807, 2.05) is 0 Å². The average molecular weight is 170 g/mol. The first-order chi connectivity index (χ1) is 5.75. The van der Waals surface area contributed by atoms with Crippen molar-refractivity contribution in [2.45, 2.75) is 45.2 Å². The van der Waals surface area contributed by atoms with E-state index in [1.165, 1.54) is 19.3 Å². The SMILES string of the molecule is CCNCCC(C)N(C)C1CC1. The maximum atomic E-state index is 3.37. The molecule has 12 heavy (non-hydrogen) atoms. The van der Waals surface area contributed by atoms with Gasteiger partial charge in [0.2, 0.25) is 0 Å². The Morgan fingerprint density at radius 1 is 1.50 bits per heavy atom. The molecular weight excluding hydrogens is 148 g/mol. The van der Waals surface area contributed by atoms with E-state index in [1.54, 1.807) is 0 Å². The van der Waals surface area contributed by atoms with Crippen LogP contribution in [-0.4, -0.2) is 37.1 Å². The lowest BCUT2D eigenvalue weighted by Gasteiger charge is -2.24. The van der Waals surface area contributed by atoms with Crippen molar-refractivity contribution in [3.05, 3.63) is 0 Å². The van der Waals surface area contributed by atoms with Gasteiger partial charge < -0.3 is 10.2 Å². The molecule has 1 aliphatic rings. The molecule has 1 rings (SSSR count). The molecule has 0 aromatic heterocycles. The summed E-state index contributed by atoms with van der Waals surface area (Å²) in [5.74, 6) is 0. The van der Waals surface area contributed by atoms with Crippen LogP contribution >= 0.6 is 0 Å². The quantitative estimate of drug-likeness (QED) is 0.607. The Morgan fingerprint density at radius 2 is 2.17 bits per heavy atom. The number of rotatable bonds is 6. The number of hydrogen-bond donors (Lipinski definition) is 1. The van der Waals surface area contributed by atoms with Gasteiger partial charge in [-0.25, -0.2) is 0 Å². The van der Waals surface area contributed by atoms with Gasteiger partial charge in [-0.15, -0.1) is 0 Å². The van der Waals surface area contributed by atoms with Crippen LogP contribution in [0.3, 0.4) is 0 Å². The minimum absolute atomic E-state index is 0.747. The predicted octanol–water partition coefficient (Wildman–Crippen LogP) is 1.47. The van der Waals surface area contributed by atoms with Crippen molar-refractivity contribution < 1.29 is 0 Å². The molecule has 2 heteroatoms. The molecule has 1 fully saturated rings. The number of nitrogens with zero attached hydrogens (tertiary/aromatic N) is 1. The van der Waals surface area contributed by atoms with Crippen molar-refractivity contribution in [2.75, 3.05) is 20.1 Å². The fraction of sp³-hybridized carbons (Fsp3) is 1.00. The molecule has 1 saturated carbocycles. The molecule has 0 bridgehead atoms. The first kappa shape index (κ1) is 10.0. The van der Waals surface area contributed by atoms with E-state index in [0.29, 0.717) is 0 Å². The van der Waals surface area contributed by atoms with E-state index >= 15 is 0 Å². The highest BCUT2D eigenvalue weighted by Gasteiger charge is 2.28. The smallest absolute Gasteiger partial charge is 0.00961 e. The molecule has 1 atom stereocenters. The van der Waals surface area contributed by atoms with E-state index in [9.17, 15) is 0 Å². The molecular formula is C10H22N2. The van der Waals surface area contributed by atoms with Gasteiger partial charge in [0.25, 0.3) is 0 Å². The second-order valence-electron chi connectivity index (χ2n) is 3.89. The van der Waals surface area contributed by atoms with Crippen LogP contribution in [0.1, 0.15) is 33.1 Å². The predicted molar refractivity (Wildman–Crippen MR) is 53.4 cm³/mol. The molecule has 1 unspecified atom stereocenters. The van der Waals surface area contributed by atoms with Gasteiger partial charge in [0, 0.05) is 12.1 Å². The zero-order valence-electron chi connectivity index (χ0n) is 8.64. The normalized spacial score (nSPS) is 20.0. The molecule has 0 spiro atoms. The summed E-state index contributed by atoms with van der Waals surface area (Å²) in [6, 6.07) is 1.65. The van der Waals surface area contributed by atoms with E-state index < -0.39 is 0 Å². The molecule has 0 saturated heterocycles. The standard InChI is InChI=1S/C10H22N2/c1-4-11-8-7-9(2)12(3)10-5-6-10/h9-11H,4-8H2,1-3H3. The maximum absolute atomic E-state index is 3.37. The lowest BCUT2D eigenvalue weighted by atomic mass is 10.2. The van der Waals surface area contributed by atoms with E-state index in [-0.39, 0.29) is 0 Å². The maximum Gasteiger partial charge on any atom is 0.00961 e. The first-order valence-electron chi connectivity index (χ1n) is 5.18. The van der Waals surface area contributed by atoms with Crippen molar-refractivity contribution in [1.29, 1.82) is 0 Å². The van der Waals surface area contributed by atoms with Crippen LogP contribution in [0.4, 0.5) is 0 Å². The van der Waals surface area contributed by atoms with Crippen LogP contribution in [0, 0.1) is 0 Å². The summed E-state index contributed by atoms with van der Waals surface area (Å²) in [5, 5.41) is 3.37. The zero-order chi connectivity index (χ0) is 8.97. The van der Waals surface area contributed by atoms with E-state index in [0.717, 1.165) is 25.2 Å². The Morgan fingerprint density at radius 3 is 2.67 bits per heavy atom. The van der Waals surface area contributed by atoms with Crippen LogP contribution < -0.4 is 5.32 Å². The number of nitrogens with one attached hydrogen (secondary N) is 1. The third kappa shape index (κ3) is 3.11. The van der Waals surface area contributed by atoms with Crippen molar-refractivity contribution in [3.63, 3.8) is 0 Å². The second-order valence-corrected chi connectivity index (χ2v) is 3.89. The topological polar surface area (TPSA) is 15.3 Å². The molecule has 1 N–H and O–H groups in total. The molecule has 1 aliphatic carbocycles. The Balaban J connectivity index is 2.04. The summed E-state index contributed by atoms with van der Waals surface area (Å²) in [5.41, 5.74) is 0. The molecule has 0 aromatic carbocycles. The Bertz CT molecular complexity index is 121. The van der Waals surface area contributed by atoms with Crippen LogP contribution in [0.25, 0.3) is 0 Å². The van der Waals surface area contributed by atoms with Gasteiger partial charge in [-0.3, -0.25) is 0 Å². The van der Waals surface area contributed by atoms with Crippen LogP contribution in [0.15, 0.2) is 0 Å². The van der Waals surface area contributed by atoms with Gasteiger partial charge in [-0.2, -0.15) is 0 Å². The Hall–Kier alpha value is -0.0800. The third-order valence-electron chi connectivity index (χ3n) is 2.81. The molecule has 0 radical (unpaired) electrons. The average Bonchev–Trinajstić information content (AvgIpc) is 2.86. The molecule has 0 aliphatic heterocycles. The van der Waals surface area contributed by atoms with Crippen molar-refractivity contribution in [3.8, 4) is 0 Å². The van der Waals surface area contributed by atoms with Gasteiger partial charge in [0.05, 0.1) is 0 Å². The van der Waals surface area contributed by atoms with Crippen LogP contribution in [0.5, 0.6) is 0 Å². The van der Waals surface area contributed by atoms with Gasteiger partial charge in [0.1, 0.15) is 0 Å². The van der Waals surface area contributed by atoms with Crippen molar-refractivity contribution in [2.24, 2.45) is 0 Å². The van der Waals surface area contributed by atoms with Gasteiger partial charge in [0.15, 0.2) is 0 Å². The first-order valence-corrected chi connectivity index (χ1v) is 5.18. The molecule has 0 heterocycles. The van der Waals surface area contributed by atoms with Crippen LogP contribution in [-0.2, 0) is 0 Å². The minimum Gasteiger partial charge on any atom is -0.317 e. The van der Waals surface area contributed by atoms with E-state index in [2.05, 4.69) is 31.1 Å². The minimum atomic E-state index is 0.747. The van der Waals surface area contributed by atoms with Crippen molar-refractivity contribution >= 4 is 0 Å². The molecule has 2 nitrogen and oxygen atoms in total. The van der Waals surface area contributed by atoms with Gasteiger partial charge in [-0.05, 0) is 46.3 Å². The van der Waals surface area contributed by atoms with Gasteiger partial charge >= 0.3 is 0 Å². The molecule has 0 aromatic rings. The summed E-state index contributed by atoms with van der Waals surface area (Å²) >= 11 is 0. The number of hydrogen-bond acceptors (Lipinski definition) is 2. The molecule has 0 amide bonds. The van der Waals surface area contributed by atoms with Crippen LogP contribution in [0.2, 0.25) is 0 Å². The summed E-state index contributed by atoms with van der Waals surface area (Å²) in [6.45, 7) is 6.75. The summed E-state index contributed by atoms with van der Waals surface area (Å²) in [7, 11) is 2.26. The molecule has 72 valence electrons. The highest BCUT2D eigenvalue weighted by molar-refractivity contribution is 4.85. The second kappa shape index (κ2) is 4.83. The van der Waals surface area contributed by atoms with Crippen molar-refractivity contribution in [1.82, 2.24) is 10.2 Å². The monoisotopic (exact) mass is 170 g/mol. The lowest BCUT2D eigenvalue weighted by molar-refractivity contribution is 0.235. The Kier molecular flexibility index (Phi) is 4.02. The summed E-state index contributed by atoms with van der Waals surface area (Å²) < 4.78 is 0. The summed E-state index contributed by atoms with van der Waals surface area (Å²) in [4.78, 5) is 2.53. The lowest BCUT2D eigenvalue weighted by Crippen LogP contribution is -2.33. The fourth-order valence-corrected chi connectivity index (χ4v) is 1.53. The zero-order valence-corrected chi connectivity index (χ0v) is 8.64. The van der Waals surface area contributed by atoms with Gasteiger partial charge in [-0.1, -0.05) is 6.92 Å². The highest BCUT2D eigenvalue weighted by atomic mass is 15.2.